The Morgan fingerprint density at radius 2 is 1.92 bits per heavy atom. The first-order chi connectivity index (χ1) is 11.2. The van der Waals surface area contributed by atoms with Crippen molar-refractivity contribution in [3.05, 3.63) is 29.3 Å². The summed E-state index contributed by atoms with van der Waals surface area (Å²) in [7, 11) is 0. The fourth-order valence-electron chi connectivity index (χ4n) is 3.29. The minimum Gasteiger partial charge on any atom is -0.508 e. The van der Waals surface area contributed by atoms with E-state index in [1.165, 1.54) is 6.07 Å². The monoisotopic (exact) mass is 332 g/mol. The van der Waals surface area contributed by atoms with Crippen molar-refractivity contribution in [1.82, 2.24) is 9.80 Å². The Kier molecular flexibility index (Phi) is 4.15. The molecule has 6 nitrogen and oxygen atoms in total. The molecule has 0 saturated carbocycles. The van der Waals surface area contributed by atoms with Gasteiger partial charge in [-0.1, -0.05) is 6.07 Å². The first-order valence-electron chi connectivity index (χ1n) is 8.35. The van der Waals surface area contributed by atoms with Gasteiger partial charge in [-0.15, -0.1) is 0 Å². The average molecular weight is 332 g/mol. The number of piperidine rings is 1. The van der Waals surface area contributed by atoms with Crippen molar-refractivity contribution in [1.29, 1.82) is 0 Å². The molecule has 0 atom stereocenters. The number of likely N-dealkylation sites (tertiary alicyclic amines) is 1. The molecule has 2 aliphatic heterocycles. The van der Waals surface area contributed by atoms with Gasteiger partial charge < -0.3 is 19.6 Å². The summed E-state index contributed by atoms with van der Waals surface area (Å²) in [6.45, 7) is 7.31. The molecule has 0 radical (unpaired) electrons. The molecule has 2 heterocycles. The number of ether oxygens (including phenoxy) is 1. The Bertz CT molecular complexity index is 657. The van der Waals surface area contributed by atoms with Crippen molar-refractivity contribution < 1.29 is 19.4 Å². The highest BCUT2D eigenvalue weighted by molar-refractivity contribution is 5.99. The summed E-state index contributed by atoms with van der Waals surface area (Å²) in [5.41, 5.74) is 1.04. The first-order valence-corrected chi connectivity index (χ1v) is 8.35. The number of benzene rings is 1. The molecular formula is C18H24N2O4. The van der Waals surface area contributed by atoms with Crippen LogP contribution in [0.15, 0.2) is 18.2 Å². The molecule has 130 valence electrons. The van der Waals surface area contributed by atoms with Crippen LogP contribution in [-0.2, 0) is 11.3 Å². The zero-order chi connectivity index (χ0) is 17.5. The Hall–Kier alpha value is -2.24. The molecule has 0 aromatic heterocycles. The maximum atomic E-state index is 12.6. The Balaban J connectivity index is 1.60. The maximum Gasteiger partial charge on any atom is 0.410 e. The lowest BCUT2D eigenvalue weighted by Crippen LogP contribution is -2.48. The average Bonchev–Trinajstić information content (AvgIpc) is 2.83. The molecular weight excluding hydrogens is 308 g/mol. The minimum atomic E-state index is -0.498. The normalized spacial score (nSPS) is 18.7. The largest absolute Gasteiger partial charge is 0.508 e. The van der Waals surface area contributed by atoms with Crippen LogP contribution in [0.2, 0.25) is 0 Å². The van der Waals surface area contributed by atoms with Gasteiger partial charge in [-0.2, -0.15) is 0 Å². The lowest BCUT2D eigenvalue weighted by molar-refractivity contribution is 0.0148. The van der Waals surface area contributed by atoms with Crippen molar-refractivity contribution in [3.63, 3.8) is 0 Å². The zero-order valence-corrected chi connectivity index (χ0v) is 14.4. The number of rotatable bonds is 1. The van der Waals surface area contributed by atoms with Gasteiger partial charge in [0.15, 0.2) is 0 Å². The van der Waals surface area contributed by atoms with E-state index in [-0.39, 0.29) is 23.8 Å². The van der Waals surface area contributed by atoms with E-state index in [9.17, 15) is 14.7 Å². The second kappa shape index (κ2) is 6.00. The van der Waals surface area contributed by atoms with Crippen LogP contribution in [0, 0.1) is 0 Å². The summed E-state index contributed by atoms with van der Waals surface area (Å²) in [5.74, 6) is 0.0836. The molecule has 3 rings (SSSR count). The lowest BCUT2D eigenvalue weighted by atomic mass is 10.0. The molecule has 1 aromatic carbocycles. The molecule has 2 amide bonds. The fraction of sp³-hybridized carbons (Fsp3) is 0.556. The van der Waals surface area contributed by atoms with Gasteiger partial charge in [0.05, 0.1) is 0 Å². The third-order valence-electron chi connectivity index (χ3n) is 4.48. The van der Waals surface area contributed by atoms with E-state index in [2.05, 4.69) is 0 Å². The molecule has 0 bridgehead atoms. The number of nitrogens with zero attached hydrogens (tertiary/aromatic N) is 2. The Morgan fingerprint density at radius 1 is 1.25 bits per heavy atom. The second-order valence-corrected chi connectivity index (χ2v) is 7.47. The highest BCUT2D eigenvalue weighted by atomic mass is 16.6. The fourth-order valence-corrected chi connectivity index (χ4v) is 3.29. The van der Waals surface area contributed by atoms with Crippen molar-refractivity contribution in [2.45, 2.75) is 51.8 Å². The molecule has 0 unspecified atom stereocenters. The van der Waals surface area contributed by atoms with Crippen molar-refractivity contribution in [3.8, 4) is 5.75 Å². The van der Waals surface area contributed by atoms with Gasteiger partial charge >= 0.3 is 6.09 Å². The SMILES string of the molecule is CC(C)(C)OC(=O)N1CCC(N2Cc3ccc(O)cc3C2=O)CC1. The van der Waals surface area contributed by atoms with Crippen LogP contribution in [0.5, 0.6) is 5.75 Å². The van der Waals surface area contributed by atoms with Gasteiger partial charge in [0.1, 0.15) is 11.4 Å². The molecule has 24 heavy (non-hydrogen) atoms. The van der Waals surface area contributed by atoms with Gasteiger partial charge in [0.25, 0.3) is 5.91 Å². The summed E-state index contributed by atoms with van der Waals surface area (Å²) >= 11 is 0. The number of fused-ring (bicyclic) bond motifs is 1. The van der Waals surface area contributed by atoms with E-state index in [1.54, 1.807) is 17.0 Å². The highest BCUT2D eigenvalue weighted by Gasteiger charge is 2.36. The number of hydrogen-bond acceptors (Lipinski definition) is 4. The van der Waals surface area contributed by atoms with Crippen LogP contribution in [0.4, 0.5) is 4.79 Å². The van der Waals surface area contributed by atoms with Crippen molar-refractivity contribution >= 4 is 12.0 Å². The van der Waals surface area contributed by atoms with Crippen LogP contribution >= 0.6 is 0 Å². The van der Waals surface area contributed by atoms with Gasteiger partial charge in [-0.05, 0) is 51.3 Å². The standard InChI is InChI=1S/C18H24N2O4/c1-18(2,3)24-17(23)19-8-6-13(7-9-19)20-11-12-4-5-14(21)10-15(12)16(20)22/h4-5,10,13,21H,6-9,11H2,1-3H3. The quantitative estimate of drug-likeness (QED) is 0.858. The Labute approximate surface area is 142 Å². The second-order valence-electron chi connectivity index (χ2n) is 7.47. The molecule has 0 spiro atoms. The number of hydrogen-bond donors (Lipinski definition) is 1. The third-order valence-corrected chi connectivity index (χ3v) is 4.48. The highest BCUT2D eigenvalue weighted by Crippen LogP contribution is 2.30. The molecule has 1 saturated heterocycles. The van der Waals surface area contributed by atoms with Crippen LogP contribution in [0.1, 0.15) is 49.5 Å². The van der Waals surface area contributed by atoms with Crippen LogP contribution in [0.3, 0.4) is 0 Å². The summed E-state index contributed by atoms with van der Waals surface area (Å²) in [6.07, 6.45) is 1.19. The summed E-state index contributed by atoms with van der Waals surface area (Å²) in [6, 6.07) is 5.07. The molecule has 6 heteroatoms. The van der Waals surface area contributed by atoms with E-state index in [0.29, 0.717) is 25.2 Å². The van der Waals surface area contributed by atoms with E-state index < -0.39 is 5.60 Å². The van der Waals surface area contributed by atoms with Crippen LogP contribution < -0.4 is 0 Å². The van der Waals surface area contributed by atoms with E-state index in [4.69, 9.17) is 4.74 Å². The predicted octanol–water partition coefficient (Wildman–Crippen LogP) is 2.75. The topological polar surface area (TPSA) is 70.1 Å². The first kappa shape index (κ1) is 16.6. The number of phenolic OH excluding ortho intramolecular Hbond substituents is 1. The lowest BCUT2D eigenvalue weighted by Gasteiger charge is -2.37. The number of aromatic hydroxyl groups is 1. The Morgan fingerprint density at radius 3 is 2.54 bits per heavy atom. The third kappa shape index (κ3) is 3.32. The molecule has 0 aliphatic carbocycles. The van der Waals surface area contributed by atoms with Crippen molar-refractivity contribution in [2.75, 3.05) is 13.1 Å². The predicted molar refractivity (Wildman–Crippen MR) is 88.8 cm³/mol. The zero-order valence-electron chi connectivity index (χ0n) is 14.4. The summed E-state index contributed by atoms with van der Waals surface area (Å²) < 4.78 is 5.40. The number of carbonyl (C=O) groups is 2. The van der Waals surface area contributed by atoms with Gasteiger partial charge in [0.2, 0.25) is 0 Å². The number of phenols is 1. The van der Waals surface area contributed by atoms with Crippen molar-refractivity contribution in [2.24, 2.45) is 0 Å². The molecule has 1 aromatic rings. The van der Waals surface area contributed by atoms with E-state index >= 15 is 0 Å². The summed E-state index contributed by atoms with van der Waals surface area (Å²) in [4.78, 5) is 28.2. The van der Waals surface area contributed by atoms with Gasteiger partial charge in [-0.25, -0.2) is 4.79 Å². The molecule has 2 aliphatic rings. The smallest absolute Gasteiger partial charge is 0.410 e. The van der Waals surface area contributed by atoms with E-state index in [0.717, 1.165) is 18.4 Å². The van der Waals surface area contributed by atoms with Gasteiger partial charge in [-0.3, -0.25) is 4.79 Å². The van der Waals surface area contributed by atoms with E-state index in [1.807, 2.05) is 25.7 Å². The molecule has 1 fully saturated rings. The minimum absolute atomic E-state index is 0.0309. The molecule has 1 N–H and O–H groups in total. The van der Waals surface area contributed by atoms with Crippen LogP contribution in [-0.4, -0.2) is 51.6 Å². The number of amides is 2. The summed E-state index contributed by atoms with van der Waals surface area (Å²) in [5, 5.41) is 9.57. The maximum absolute atomic E-state index is 12.6. The van der Waals surface area contributed by atoms with Crippen LogP contribution in [0.25, 0.3) is 0 Å². The number of carbonyl (C=O) groups excluding carboxylic acids is 2. The van der Waals surface area contributed by atoms with Gasteiger partial charge in [0, 0.05) is 31.2 Å².